The quantitative estimate of drug-likeness (QED) is 0.626. The molecule has 0 bridgehead atoms. The Morgan fingerprint density at radius 3 is 2.75 bits per heavy atom. The van der Waals surface area contributed by atoms with Crippen LogP contribution in [-0.4, -0.2) is 30.5 Å². The fourth-order valence-corrected chi connectivity index (χ4v) is 2.33. The fourth-order valence-electron chi connectivity index (χ4n) is 2.33. The second-order valence-corrected chi connectivity index (χ2v) is 5.01. The lowest BCUT2D eigenvalue weighted by atomic mass is 9.99. The molecule has 1 aromatic carbocycles. The molecule has 0 spiro atoms. The number of carbonyl (C=O) groups excluding carboxylic acids is 1. The van der Waals surface area contributed by atoms with Gasteiger partial charge in [-0.25, -0.2) is 0 Å². The van der Waals surface area contributed by atoms with Crippen molar-refractivity contribution in [2.45, 2.75) is 19.3 Å². The van der Waals surface area contributed by atoms with E-state index in [0.29, 0.717) is 13.0 Å². The smallest absolute Gasteiger partial charge is 0.269 e. The van der Waals surface area contributed by atoms with Gasteiger partial charge in [0.15, 0.2) is 0 Å². The van der Waals surface area contributed by atoms with Gasteiger partial charge in [-0.15, -0.1) is 0 Å². The minimum atomic E-state index is -0.415. The predicted molar refractivity (Wildman–Crippen MR) is 75.4 cm³/mol. The molecule has 0 radical (unpaired) electrons. The zero-order valence-electron chi connectivity index (χ0n) is 11.3. The summed E-state index contributed by atoms with van der Waals surface area (Å²) < 4.78 is 0. The summed E-state index contributed by atoms with van der Waals surface area (Å²) >= 11 is 0. The lowest BCUT2D eigenvalue weighted by Crippen LogP contribution is -2.41. The van der Waals surface area contributed by atoms with Crippen molar-refractivity contribution in [1.29, 1.82) is 0 Å². The number of rotatable bonds is 5. The molecule has 0 unspecified atom stereocenters. The highest BCUT2D eigenvalue weighted by molar-refractivity contribution is 5.78. The van der Waals surface area contributed by atoms with Crippen LogP contribution in [0.25, 0.3) is 0 Å². The van der Waals surface area contributed by atoms with Crippen molar-refractivity contribution in [2.75, 3.05) is 19.6 Å². The van der Waals surface area contributed by atoms with E-state index >= 15 is 0 Å². The average molecular weight is 277 g/mol. The molecule has 1 amide bonds. The van der Waals surface area contributed by atoms with Crippen LogP contribution in [0.5, 0.6) is 0 Å². The Balaban J connectivity index is 1.74. The summed E-state index contributed by atoms with van der Waals surface area (Å²) in [5.41, 5.74) is 1.07. The van der Waals surface area contributed by atoms with E-state index in [4.69, 9.17) is 0 Å². The van der Waals surface area contributed by atoms with Crippen molar-refractivity contribution in [2.24, 2.45) is 5.92 Å². The number of nitro benzene ring substituents is 1. The van der Waals surface area contributed by atoms with Crippen LogP contribution in [0, 0.1) is 16.0 Å². The molecule has 20 heavy (non-hydrogen) atoms. The van der Waals surface area contributed by atoms with E-state index in [2.05, 4.69) is 10.6 Å². The highest BCUT2D eigenvalue weighted by Gasteiger charge is 2.20. The number of nitro groups is 1. The monoisotopic (exact) mass is 277 g/mol. The molecular formula is C14H19N3O3. The Bertz CT molecular complexity index is 467. The number of nitrogens with one attached hydrogen (secondary N) is 2. The minimum Gasteiger partial charge on any atom is -0.355 e. The molecule has 1 saturated heterocycles. The highest BCUT2D eigenvalue weighted by Crippen LogP contribution is 2.12. The molecular weight excluding hydrogens is 258 g/mol. The number of hydrogen-bond acceptors (Lipinski definition) is 4. The summed E-state index contributed by atoms with van der Waals surface area (Å²) in [6.45, 7) is 2.31. The van der Waals surface area contributed by atoms with Crippen LogP contribution in [0.4, 0.5) is 5.69 Å². The summed E-state index contributed by atoms with van der Waals surface area (Å²) in [6, 6.07) is 6.43. The maximum atomic E-state index is 11.9. The van der Waals surface area contributed by atoms with Gasteiger partial charge in [0.25, 0.3) is 5.69 Å². The molecule has 1 heterocycles. The molecule has 2 N–H and O–H groups in total. The zero-order chi connectivity index (χ0) is 14.4. The first-order valence-corrected chi connectivity index (χ1v) is 6.88. The molecule has 6 nitrogen and oxygen atoms in total. The van der Waals surface area contributed by atoms with Gasteiger partial charge in [0.05, 0.1) is 10.8 Å². The van der Waals surface area contributed by atoms with E-state index in [9.17, 15) is 14.9 Å². The second-order valence-electron chi connectivity index (χ2n) is 5.01. The SMILES string of the molecule is O=C(NCCc1ccc([N+](=O)[O-])cc1)[C@@H]1CCCNC1. The van der Waals surface area contributed by atoms with Crippen LogP contribution in [0.3, 0.4) is 0 Å². The molecule has 1 atom stereocenters. The normalized spacial score (nSPS) is 18.5. The maximum absolute atomic E-state index is 11.9. The highest BCUT2D eigenvalue weighted by atomic mass is 16.6. The molecule has 0 aliphatic carbocycles. The van der Waals surface area contributed by atoms with Gasteiger partial charge in [0.1, 0.15) is 0 Å². The van der Waals surface area contributed by atoms with Gasteiger partial charge in [0.2, 0.25) is 5.91 Å². The summed E-state index contributed by atoms with van der Waals surface area (Å²) in [7, 11) is 0. The number of non-ortho nitro benzene ring substituents is 1. The molecule has 108 valence electrons. The van der Waals surface area contributed by atoms with E-state index in [1.54, 1.807) is 12.1 Å². The summed E-state index contributed by atoms with van der Waals surface area (Å²) in [5.74, 6) is 0.166. The van der Waals surface area contributed by atoms with Gasteiger partial charge < -0.3 is 10.6 Å². The molecule has 1 fully saturated rings. The lowest BCUT2D eigenvalue weighted by molar-refractivity contribution is -0.384. The van der Waals surface area contributed by atoms with Crippen LogP contribution in [0.2, 0.25) is 0 Å². The minimum absolute atomic E-state index is 0.0700. The van der Waals surface area contributed by atoms with Gasteiger partial charge in [-0.2, -0.15) is 0 Å². The standard InChI is InChI=1S/C14H19N3O3/c18-14(12-2-1-8-15-10-12)16-9-7-11-3-5-13(6-4-11)17(19)20/h3-6,12,15H,1-2,7-10H2,(H,16,18)/t12-/m1/s1. The number of nitrogens with zero attached hydrogens (tertiary/aromatic N) is 1. The Morgan fingerprint density at radius 1 is 1.40 bits per heavy atom. The molecule has 6 heteroatoms. The van der Waals surface area contributed by atoms with Crippen molar-refractivity contribution < 1.29 is 9.72 Å². The number of hydrogen-bond donors (Lipinski definition) is 2. The molecule has 1 aliphatic rings. The first-order valence-electron chi connectivity index (χ1n) is 6.88. The summed E-state index contributed by atoms with van der Waals surface area (Å²) in [4.78, 5) is 22.0. The van der Waals surface area contributed by atoms with Crippen molar-refractivity contribution in [1.82, 2.24) is 10.6 Å². The topological polar surface area (TPSA) is 84.3 Å². The lowest BCUT2D eigenvalue weighted by Gasteiger charge is -2.21. The van der Waals surface area contributed by atoms with Crippen molar-refractivity contribution >= 4 is 11.6 Å². The maximum Gasteiger partial charge on any atom is 0.269 e. The largest absolute Gasteiger partial charge is 0.355 e. The molecule has 1 aromatic rings. The first kappa shape index (κ1) is 14.5. The number of amides is 1. The number of carbonyl (C=O) groups is 1. The van der Waals surface area contributed by atoms with E-state index in [1.165, 1.54) is 12.1 Å². The Hall–Kier alpha value is -1.95. The fraction of sp³-hybridized carbons (Fsp3) is 0.500. The van der Waals surface area contributed by atoms with E-state index < -0.39 is 4.92 Å². The van der Waals surface area contributed by atoms with Gasteiger partial charge in [-0.1, -0.05) is 12.1 Å². The second kappa shape index (κ2) is 7.00. The van der Waals surface area contributed by atoms with Gasteiger partial charge in [-0.3, -0.25) is 14.9 Å². The van der Waals surface area contributed by atoms with Crippen LogP contribution in [-0.2, 0) is 11.2 Å². The van der Waals surface area contributed by atoms with E-state index in [-0.39, 0.29) is 17.5 Å². The predicted octanol–water partition coefficient (Wildman–Crippen LogP) is 1.25. The summed E-state index contributed by atoms with van der Waals surface area (Å²) in [5, 5.41) is 16.7. The van der Waals surface area contributed by atoms with Crippen LogP contribution in [0.15, 0.2) is 24.3 Å². The third kappa shape index (κ3) is 4.03. The molecule has 1 aliphatic heterocycles. The number of piperidine rings is 1. The van der Waals surface area contributed by atoms with E-state index in [1.807, 2.05) is 0 Å². The van der Waals surface area contributed by atoms with Crippen molar-refractivity contribution in [3.8, 4) is 0 Å². The first-order chi connectivity index (χ1) is 9.66. The summed E-state index contributed by atoms with van der Waals surface area (Å²) in [6.07, 6.45) is 2.67. The van der Waals surface area contributed by atoms with Crippen LogP contribution < -0.4 is 10.6 Å². The Labute approximate surface area is 117 Å². The third-order valence-corrected chi connectivity index (χ3v) is 3.53. The van der Waals surface area contributed by atoms with Crippen molar-refractivity contribution in [3.05, 3.63) is 39.9 Å². The molecule has 0 saturated carbocycles. The van der Waals surface area contributed by atoms with Crippen molar-refractivity contribution in [3.63, 3.8) is 0 Å². The third-order valence-electron chi connectivity index (χ3n) is 3.53. The van der Waals surface area contributed by atoms with Crippen LogP contribution >= 0.6 is 0 Å². The molecule has 2 rings (SSSR count). The van der Waals surface area contributed by atoms with E-state index in [0.717, 1.165) is 31.5 Å². The van der Waals surface area contributed by atoms with Gasteiger partial charge in [0, 0.05) is 25.2 Å². The molecule has 0 aromatic heterocycles. The number of benzene rings is 1. The zero-order valence-corrected chi connectivity index (χ0v) is 11.3. The average Bonchev–Trinajstić information content (AvgIpc) is 2.48. The van der Waals surface area contributed by atoms with Gasteiger partial charge >= 0.3 is 0 Å². The van der Waals surface area contributed by atoms with Gasteiger partial charge in [-0.05, 0) is 31.4 Å². The Kier molecular flexibility index (Phi) is 5.06. The Morgan fingerprint density at radius 2 is 2.15 bits per heavy atom. The van der Waals surface area contributed by atoms with Crippen LogP contribution in [0.1, 0.15) is 18.4 Å².